The lowest BCUT2D eigenvalue weighted by atomic mass is 10.1. The smallest absolute Gasteiger partial charge is 0.274 e. The summed E-state index contributed by atoms with van der Waals surface area (Å²) in [4.78, 5) is 10.4. The van der Waals surface area contributed by atoms with E-state index in [1.165, 1.54) is 18.6 Å². The van der Waals surface area contributed by atoms with Gasteiger partial charge in [0.05, 0.1) is 11.0 Å². The number of ether oxygens (including phenoxy) is 1. The van der Waals surface area contributed by atoms with E-state index in [4.69, 9.17) is 4.74 Å². The molecular weight excluding hydrogens is 263 g/mol. The van der Waals surface area contributed by atoms with Gasteiger partial charge in [0.1, 0.15) is 5.82 Å². The molecule has 5 nitrogen and oxygen atoms in total. The van der Waals surface area contributed by atoms with Crippen LogP contribution in [0.15, 0.2) is 18.2 Å². The molecule has 1 fully saturated rings. The molecule has 0 amide bonds. The molecule has 1 N–H and O–H groups in total. The molecule has 0 aromatic heterocycles. The Kier molecular flexibility index (Phi) is 5.43. The first-order valence-electron chi connectivity index (χ1n) is 6.92. The van der Waals surface area contributed by atoms with Gasteiger partial charge in [-0.15, -0.1) is 0 Å². The van der Waals surface area contributed by atoms with Crippen LogP contribution in [0.4, 0.5) is 10.1 Å². The monoisotopic (exact) mass is 282 g/mol. The number of rotatable bonds is 6. The van der Waals surface area contributed by atoms with Crippen molar-refractivity contribution < 1.29 is 14.1 Å². The fourth-order valence-corrected chi connectivity index (χ4v) is 2.39. The fraction of sp³-hybridized carbons (Fsp3) is 0.571. The summed E-state index contributed by atoms with van der Waals surface area (Å²) in [6, 6.07) is 3.52. The second-order valence-corrected chi connectivity index (χ2v) is 4.98. The molecule has 2 rings (SSSR count). The molecule has 1 atom stereocenters. The third-order valence-corrected chi connectivity index (χ3v) is 3.47. The number of nitro benzene ring substituents is 1. The van der Waals surface area contributed by atoms with Crippen LogP contribution in [-0.4, -0.2) is 24.2 Å². The van der Waals surface area contributed by atoms with E-state index in [9.17, 15) is 14.5 Å². The molecule has 0 saturated carbocycles. The van der Waals surface area contributed by atoms with Crippen LogP contribution in [0, 0.1) is 15.9 Å². The number of nitrogens with one attached hydrogen (secondary N) is 1. The molecule has 1 aliphatic rings. The zero-order valence-electron chi connectivity index (χ0n) is 11.3. The maximum atomic E-state index is 13.1. The highest BCUT2D eigenvalue weighted by Gasteiger charge is 2.15. The molecular formula is C14H19FN2O3. The molecule has 20 heavy (non-hydrogen) atoms. The lowest BCUT2D eigenvalue weighted by molar-refractivity contribution is -0.385. The third-order valence-electron chi connectivity index (χ3n) is 3.47. The minimum Gasteiger partial charge on any atom is -0.378 e. The molecule has 6 heteroatoms. The maximum absolute atomic E-state index is 13.1. The Morgan fingerprint density at radius 1 is 1.45 bits per heavy atom. The number of hydrogen-bond acceptors (Lipinski definition) is 4. The number of halogens is 1. The molecule has 1 aromatic rings. The van der Waals surface area contributed by atoms with Gasteiger partial charge in [-0.25, -0.2) is 4.39 Å². The van der Waals surface area contributed by atoms with Crippen LogP contribution in [0.1, 0.15) is 31.2 Å². The summed E-state index contributed by atoms with van der Waals surface area (Å²) in [7, 11) is 0. The van der Waals surface area contributed by atoms with Crippen molar-refractivity contribution in [1.29, 1.82) is 0 Å². The minimum atomic E-state index is -0.485. The summed E-state index contributed by atoms with van der Waals surface area (Å²) >= 11 is 0. The van der Waals surface area contributed by atoms with Crippen LogP contribution in [0.5, 0.6) is 0 Å². The second-order valence-electron chi connectivity index (χ2n) is 4.98. The van der Waals surface area contributed by atoms with Gasteiger partial charge in [-0.1, -0.05) is 0 Å². The lowest BCUT2D eigenvalue weighted by Crippen LogP contribution is -2.25. The second kappa shape index (κ2) is 7.31. The molecule has 1 unspecified atom stereocenters. The largest absolute Gasteiger partial charge is 0.378 e. The van der Waals surface area contributed by atoms with E-state index in [1.54, 1.807) is 0 Å². The normalized spacial score (nSPS) is 18.9. The number of nitrogens with zero attached hydrogens (tertiary/aromatic N) is 1. The molecule has 1 aromatic carbocycles. The van der Waals surface area contributed by atoms with Crippen LogP contribution in [-0.2, 0) is 11.3 Å². The first kappa shape index (κ1) is 14.9. The van der Waals surface area contributed by atoms with Gasteiger partial charge in [-0.05, 0) is 44.4 Å². The zero-order valence-corrected chi connectivity index (χ0v) is 11.3. The summed E-state index contributed by atoms with van der Waals surface area (Å²) in [5.41, 5.74) is 0.326. The number of nitro groups is 1. The first-order chi connectivity index (χ1) is 9.66. The number of hydrogen-bond donors (Lipinski definition) is 1. The van der Waals surface area contributed by atoms with Crippen LogP contribution < -0.4 is 5.32 Å². The van der Waals surface area contributed by atoms with E-state index in [2.05, 4.69) is 5.32 Å². The molecule has 110 valence electrons. The standard InChI is InChI=1S/C14H19FN2O3/c15-12-4-5-14(17(18)19)11(9-12)10-16-7-6-13-3-1-2-8-20-13/h4-5,9,13,16H,1-3,6-8,10H2. The van der Waals surface area contributed by atoms with Gasteiger partial charge in [-0.2, -0.15) is 0 Å². The Morgan fingerprint density at radius 2 is 2.30 bits per heavy atom. The summed E-state index contributed by atoms with van der Waals surface area (Å²) in [6.45, 7) is 1.82. The average molecular weight is 282 g/mol. The molecule has 0 radical (unpaired) electrons. The van der Waals surface area contributed by atoms with E-state index < -0.39 is 10.7 Å². The van der Waals surface area contributed by atoms with Gasteiger partial charge >= 0.3 is 0 Å². The first-order valence-corrected chi connectivity index (χ1v) is 6.92. The summed E-state index contributed by atoms with van der Waals surface area (Å²) in [6.07, 6.45) is 4.54. The Morgan fingerprint density at radius 3 is 3.00 bits per heavy atom. The van der Waals surface area contributed by atoms with Crippen molar-refractivity contribution in [1.82, 2.24) is 5.32 Å². The Hall–Kier alpha value is -1.53. The van der Waals surface area contributed by atoms with Crippen LogP contribution in [0.25, 0.3) is 0 Å². The molecule has 0 spiro atoms. The summed E-state index contributed by atoms with van der Waals surface area (Å²) in [5, 5.41) is 14.0. The lowest BCUT2D eigenvalue weighted by Gasteiger charge is -2.22. The van der Waals surface area contributed by atoms with Gasteiger partial charge in [0.2, 0.25) is 0 Å². The third kappa shape index (κ3) is 4.25. The van der Waals surface area contributed by atoms with Crippen LogP contribution in [0.2, 0.25) is 0 Å². The quantitative estimate of drug-likeness (QED) is 0.495. The molecule has 1 heterocycles. The van der Waals surface area contributed by atoms with Crippen LogP contribution >= 0.6 is 0 Å². The Labute approximate surface area is 117 Å². The van der Waals surface area contributed by atoms with Crippen LogP contribution in [0.3, 0.4) is 0 Å². The van der Waals surface area contributed by atoms with Gasteiger partial charge in [0, 0.05) is 24.8 Å². The maximum Gasteiger partial charge on any atom is 0.274 e. The van der Waals surface area contributed by atoms with E-state index in [-0.39, 0.29) is 11.8 Å². The van der Waals surface area contributed by atoms with Crippen molar-refractivity contribution in [3.8, 4) is 0 Å². The predicted molar refractivity (Wildman–Crippen MR) is 73.0 cm³/mol. The van der Waals surface area contributed by atoms with E-state index in [0.717, 1.165) is 31.9 Å². The van der Waals surface area contributed by atoms with Gasteiger partial charge in [0.15, 0.2) is 0 Å². The Balaban J connectivity index is 1.81. The zero-order chi connectivity index (χ0) is 14.4. The molecule has 0 bridgehead atoms. The summed E-state index contributed by atoms with van der Waals surface area (Å²) < 4.78 is 18.7. The molecule has 1 aliphatic heterocycles. The van der Waals surface area contributed by atoms with Crippen molar-refractivity contribution in [2.45, 2.75) is 38.3 Å². The van der Waals surface area contributed by atoms with Crippen molar-refractivity contribution in [2.24, 2.45) is 0 Å². The summed E-state index contributed by atoms with van der Waals surface area (Å²) in [5.74, 6) is -0.456. The van der Waals surface area contributed by atoms with Crippen molar-refractivity contribution in [3.63, 3.8) is 0 Å². The van der Waals surface area contributed by atoms with Gasteiger partial charge < -0.3 is 10.1 Å². The fourth-order valence-electron chi connectivity index (χ4n) is 2.39. The van der Waals surface area contributed by atoms with Gasteiger partial charge in [0.25, 0.3) is 5.69 Å². The minimum absolute atomic E-state index is 0.0483. The highest BCUT2D eigenvalue weighted by atomic mass is 19.1. The highest BCUT2D eigenvalue weighted by Crippen LogP contribution is 2.19. The van der Waals surface area contributed by atoms with E-state index in [1.807, 2.05) is 0 Å². The van der Waals surface area contributed by atoms with Crippen molar-refractivity contribution in [3.05, 3.63) is 39.7 Å². The number of benzene rings is 1. The topological polar surface area (TPSA) is 64.4 Å². The predicted octanol–water partition coefficient (Wildman–Crippen LogP) is 2.78. The van der Waals surface area contributed by atoms with E-state index in [0.29, 0.717) is 18.7 Å². The SMILES string of the molecule is O=[N+]([O-])c1ccc(F)cc1CNCCC1CCCCO1. The average Bonchev–Trinajstić information content (AvgIpc) is 2.44. The van der Waals surface area contributed by atoms with Crippen molar-refractivity contribution >= 4 is 5.69 Å². The van der Waals surface area contributed by atoms with Gasteiger partial charge in [-0.3, -0.25) is 10.1 Å². The van der Waals surface area contributed by atoms with E-state index >= 15 is 0 Å². The molecule has 1 saturated heterocycles. The Bertz CT molecular complexity index is 462. The van der Waals surface area contributed by atoms with Crippen molar-refractivity contribution in [2.75, 3.05) is 13.2 Å². The highest BCUT2D eigenvalue weighted by molar-refractivity contribution is 5.40. The molecule has 0 aliphatic carbocycles.